The van der Waals surface area contributed by atoms with E-state index in [0.717, 1.165) is 17.0 Å². The van der Waals surface area contributed by atoms with Gasteiger partial charge in [0.05, 0.1) is 6.54 Å². The Morgan fingerprint density at radius 3 is 2.36 bits per heavy atom. The summed E-state index contributed by atoms with van der Waals surface area (Å²) in [4.78, 5) is 20.2. The van der Waals surface area contributed by atoms with Crippen LogP contribution in [0.15, 0.2) is 34.6 Å². The van der Waals surface area contributed by atoms with Gasteiger partial charge >= 0.3 is 0 Å². The van der Waals surface area contributed by atoms with Crippen molar-refractivity contribution in [2.24, 2.45) is 4.99 Å². The fraction of sp³-hybridized carbons (Fsp3) is 0.333. The number of halogens is 4. The van der Waals surface area contributed by atoms with Gasteiger partial charge < -0.3 is 15.1 Å². The molecule has 0 aliphatic carbocycles. The van der Waals surface area contributed by atoms with Crippen LogP contribution in [0.4, 0.5) is 13.2 Å². The van der Waals surface area contributed by atoms with E-state index in [2.05, 4.69) is 10.3 Å². The van der Waals surface area contributed by atoms with E-state index >= 15 is 0 Å². The maximum atomic E-state index is 13.4. The number of guanidine groups is 1. The SMILES string of the molecule is CN(C)C(=O)CN=C(NCc1cccs1)N(C)Cc1cc(F)c(F)c(F)c1.I. The van der Waals surface area contributed by atoms with Gasteiger partial charge in [0.25, 0.3) is 0 Å². The van der Waals surface area contributed by atoms with Gasteiger partial charge in [-0.15, -0.1) is 35.3 Å². The van der Waals surface area contributed by atoms with Crippen LogP contribution in [0.2, 0.25) is 0 Å². The minimum atomic E-state index is -1.50. The van der Waals surface area contributed by atoms with Crippen molar-refractivity contribution in [3.63, 3.8) is 0 Å². The zero-order valence-electron chi connectivity index (χ0n) is 15.7. The number of aliphatic imine (C=N–C) groups is 1. The summed E-state index contributed by atoms with van der Waals surface area (Å²) in [5.74, 6) is -3.78. The van der Waals surface area contributed by atoms with Crippen LogP contribution in [0.3, 0.4) is 0 Å². The molecule has 2 rings (SSSR count). The standard InChI is InChI=1S/C18H21F3N4OS.HI/c1-24(2)16(26)10-23-18(22-9-13-5-4-6-27-13)25(3)11-12-7-14(19)17(21)15(20)8-12;/h4-8H,9-11H2,1-3H3,(H,22,23);1H. The fourth-order valence-electron chi connectivity index (χ4n) is 2.22. The van der Waals surface area contributed by atoms with Gasteiger partial charge in [0.1, 0.15) is 6.54 Å². The highest BCUT2D eigenvalue weighted by Gasteiger charge is 2.14. The zero-order chi connectivity index (χ0) is 20.0. The Hall–Kier alpha value is -1.82. The molecule has 0 spiro atoms. The minimum Gasteiger partial charge on any atom is -0.351 e. The van der Waals surface area contributed by atoms with Gasteiger partial charge in [0, 0.05) is 32.6 Å². The van der Waals surface area contributed by atoms with E-state index in [1.165, 1.54) is 4.90 Å². The highest BCUT2D eigenvalue weighted by Crippen LogP contribution is 2.15. The predicted octanol–water partition coefficient (Wildman–Crippen LogP) is 3.45. The van der Waals surface area contributed by atoms with Crippen LogP contribution in [0.5, 0.6) is 0 Å². The average Bonchev–Trinajstić information content (AvgIpc) is 3.12. The Bertz CT molecular complexity index is 792. The van der Waals surface area contributed by atoms with Crippen molar-refractivity contribution in [1.82, 2.24) is 15.1 Å². The molecule has 1 N–H and O–H groups in total. The number of rotatable bonds is 6. The normalized spacial score (nSPS) is 11.0. The van der Waals surface area contributed by atoms with Crippen LogP contribution in [0.25, 0.3) is 0 Å². The molecule has 5 nitrogen and oxygen atoms in total. The molecule has 1 amide bonds. The molecule has 1 aromatic heterocycles. The van der Waals surface area contributed by atoms with Crippen LogP contribution >= 0.6 is 35.3 Å². The second-order valence-electron chi connectivity index (χ2n) is 6.09. The Morgan fingerprint density at radius 2 is 1.82 bits per heavy atom. The first-order valence-corrected chi connectivity index (χ1v) is 9.01. The molecule has 0 aliphatic rings. The predicted molar refractivity (Wildman–Crippen MR) is 115 cm³/mol. The third-order valence-corrected chi connectivity index (χ3v) is 4.57. The first kappa shape index (κ1) is 24.2. The molecule has 2 aromatic rings. The lowest BCUT2D eigenvalue weighted by Gasteiger charge is -2.23. The molecule has 1 heterocycles. The van der Waals surface area contributed by atoms with Crippen LogP contribution in [-0.4, -0.2) is 49.4 Å². The van der Waals surface area contributed by atoms with Gasteiger partial charge in [-0.3, -0.25) is 4.79 Å². The lowest BCUT2D eigenvalue weighted by Crippen LogP contribution is -2.39. The van der Waals surface area contributed by atoms with Gasteiger partial charge in [-0.05, 0) is 29.1 Å². The largest absolute Gasteiger partial charge is 0.351 e. The molecule has 0 radical (unpaired) electrons. The van der Waals surface area contributed by atoms with Gasteiger partial charge in [0.2, 0.25) is 5.91 Å². The molecular formula is C18H22F3IN4OS. The molecule has 0 aliphatic heterocycles. The van der Waals surface area contributed by atoms with Crippen molar-refractivity contribution in [1.29, 1.82) is 0 Å². The summed E-state index contributed by atoms with van der Waals surface area (Å²) in [5, 5.41) is 5.07. The summed E-state index contributed by atoms with van der Waals surface area (Å²) in [6.45, 7) is 0.500. The fourth-order valence-corrected chi connectivity index (χ4v) is 2.87. The molecule has 10 heteroatoms. The van der Waals surface area contributed by atoms with E-state index in [9.17, 15) is 18.0 Å². The zero-order valence-corrected chi connectivity index (χ0v) is 18.9. The van der Waals surface area contributed by atoms with E-state index in [-0.39, 0.29) is 48.5 Å². The van der Waals surface area contributed by atoms with Gasteiger partial charge in [-0.2, -0.15) is 0 Å². The quantitative estimate of drug-likeness (QED) is 0.272. The number of nitrogens with zero attached hydrogens (tertiary/aromatic N) is 3. The lowest BCUT2D eigenvalue weighted by atomic mass is 10.2. The van der Waals surface area contributed by atoms with Crippen molar-refractivity contribution in [3.8, 4) is 0 Å². The number of nitrogens with one attached hydrogen (secondary N) is 1. The summed E-state index contributed by atoms with van der Waals surface area (Å²) in [7, 11) is 4.92. The second-order valence-corrected chi connectivity index (χ2v) is 7.12. The maximum absolute atomic E-state index is 13.4. The van der Waals surface area contributed by atoms with Gasteiger partial charge in [0.15, 0.2) is 23.4 Å². The van der Waals surface area contributed by atoms with Crippen molar-refractivity contribution in [2.45, 2.75) is 13.1 Å². The Labute approximate surface area is 183 Å². The van der Waals surface area contributed by atoms with Gasteiger partial charge in [-0.1, -0.05) is 6.07 Å². The first-order valence-electron chi connectivity index (χ1n) is 8.13. The molecule has 0 atom stereocenters. The third kappa shape index (κ3) is 6.97. The minimum absolute atomic E-state index is 0. The third-order valence-electron chi connectivity index (χ3n) is 3.69. The molecular weight excluding hydrogens is 504 g/mol. The molecule has 0 fully saturated rings. The summed E-state index contributed by atoms with van der Waals surface area (Å²) >= 11 is 1.56. The van der Waals surface area contributed by atoms with E-state index in [4.69, 9.17) is 0 Å². The van der Waals surface area contributed by atoms with Crippen LogP contribution < -0.4 is 5.32 Å². The van der Waals surface area contributed by atoms with Crippen molar-refractivity contribution in [3.05, 3.63) is 57.5 Å². The topological polar surface area (TPSA) is 47.9 Å². The van der Waals surface area contributed by atoms with Crippen LogP contribution in [-0.2, 0) is 17.9 Å². The number of likely N-dealkylation sites (N-methyl/N-ethyl adjacent to an activating group) is 1. The molecule has 0 bridgehead atoms. The van der Waals surface area contributed by atoms with Crippen molar-refractivity contribution in [2.75, 3.05) is 27.7 Å². The number of carbonyl (C=O) groups excluding carboxylic acids is 1. The van der Waals surface area contributed by atoms with Crippen molar-refractivity contribution >= 4 is 47.2 Å². The Balaban J connectivity index is 0.00000392. The molecule has 0 saturated carbocycles. The lowest BCUT2D eigenvalue weighted by molar-refractivity contribution is -0.127. The molecule has 154 valence electrons. The monoisotopic (exact) mass is 526 g/mol. The maximum Gasteiger partial charge on any atom is 0.243 e. The number of carbonyl (C=O) groups is 1. The van der Waals surface area contributed by atoms with Gasteiger partial charge in [-0.25, -0.2) is 18.2 Å². The second kappa shape index (κ2) is 11.2. The van der Waals surface area contributed by atoms with E-state index in [1.54, 1.807) is 37.4 Å². The highest BCUT2D eigenvalue weighted by atomic mass is 127. The first-order chi connectivity index (χ1) is 12.8. The molecule has 0 saturated heterocycles. The molecule has 0 unspecified atom stereocenters. The number of amides is 1. The summed E-state index contributed by atoms with van der Waals surface area (Å²) < 4.78 is 40.0. The summed E-state index contributed by atoms with van der Waals surface area (Å²) in [6.07, 6.45) is 0. The molecule has 28 heavy (non-hydrogen) atoms. The summed E-state index contributed by atoms with van der Waals surface area (Å²) in [6, 6.07) is 5.75. The highest BCUT2D eigenvalue weighted by molar-refractivity contribution is 14.0. The number of hydrogen-bond acceptors (Lipinski definition) is 3. The van der Waals surface area contributed by atoms with Crippen LogP contribution in [0, 0.1) is 17.5 Å². The average molecular weight is 526 g/mol. The number of hydrogen-bond donors (Lipinski definition) is 1. The smallest absolute Gasteiger partial charge is 0.243 e. The summed E-state index contributed by atoms with van der Waals surface area (Å²) in [5.41, 5.74) is 0.249. The van der Waals surface area contributed by atoms with Crippen molar-refractivity contribution < 1.29 is 18.0 Å². The van der Waals surface area contributed by atoms with Crippen LogP contribution in [0.1, 0.15) is 10.4 Å². The van der Waals surface area contributed by atoms with E-state index in [0.29, 0.717) is 12.5 Å². The van der Waals surface area contributed by atoms with E-state index in [1.807, 2.05) is 17.5 Å². The number of thiophene rings is 1. The number of benzene rings is 1. The Kier molecular flexibility index (Phi) is 9.73. The Morgan fingerprint density at radius 1 is 1.18 bits per heavy atom. The van der Waals surface area contributed by atoms with E-state index < -0.39 is 17.5 Å². The molecule has 1 aromatic carbocycles.